The van der Waals surface area contributed by atoms with Crippen molar-refractivity contribution in [3.8, 4) is 0 Å². The molecule has 4 rings (SSSR count). The van der Waals surface area contributed by atoms with Gasteiger partial charge in [0.25, 0.3) is 5.91 Å². The van der Waals surface area contributed by atoms with E-state index in [-0.39, 0.29) is 11.8 Å². The lowest BCUT2D eigenvalue weighted by molar-refractivity contribution is -0.117. The highest BCUT2D eigenvalue weighted by molar-refractivity contribution is 6.17. The molecule has 2 aliphatic rings. The molecule has 5 nitrogen and oxygen atoms in total. The van der Waals surface area contributed by atoms with Crippen LogP contribution >= 0.6 is 0 Å². The van der Waals surface area contributed by atoms with Crippen molar-refractivity contribution in [3.05, 3.63) is 65.7 Å². The summed E-state index contributed by atoms with van der Waals surface area (Å²) in [6, 6.07) is 14.7. The molecule has 0 radical (unpaired) electrons. The van der Waals surface area contributed by atoms with E-state index in [0.717, 1.165) is 25.1 Å². The maximum Gasteiger partial charge on any atom is 0.257 e. The summed E-state index contributed by atoms with van der Waals surface area (Å²) in [5, 5.41) is 2.92. The van der Waals surface area contributed by atoms with Crippen molar-refractivity contribution in [2.75, 3.05) is 30.4 Å². The second-order valence-corrected chi connectivity index (χ2v) is 6.77. The molecule has 0 aromatic heterocycles. The van der Waals surface area contributed by atoms with Crippen LogP contribution in [0.3, 0.4) is 0 Å². The SMILES string of the molecule is CN1CC=C(CC(=O)N2c3ccccc3NC(=O)c3ccccc32)CC1. The number of hydrogen-bond acceptors (Lipinski definition) is 3. The molecule has 0 saturated heterocycles. The lowest BCUT2D eigenvalue weighted by Crippen LogP contribution is -2.29. The Morgan fingerprint density at radius 1 is 1.08 bits per heavy atom. The fraction of sp³-hybridized carbons (Fsp3) is 0.238. The molecule has 2 aliphatic heterocycles. The number of nitrogens with zero attached hydrogens (tertiary/aromatic N) is 2. The molecule has 0 atom stereocenters. The van der Waals surface area contributed by atoms with Crippen molar-refractivity contribution in [3.63, 3.8) is 0 Å². The number of amides is 2. The Morgan fingerprint density at radius 2 is 1.81 bits per heavy atom. The molecule has 2 aromatic carbocycles. The quantitative estimate of drug-likeness (QED) is 0.845. The molecule has 26 heavy (non-hydrogen) atoms. The fourth-order valence-electron chi connectivity index (χ4n) is 3.47. The van der Waals surface area contributed by atoms with E-state index in [1.807, 2.05) is 42.5 Å². The van der Waals surface area contributed by atoms with Gasteiger partial charge in [-0.3, -0.25) is 14.5 Å². The molecular weight excluding hydrogens is 326 g/mol. The van der Waals surface area contributed by atoms with Crippen LogP contribution in [-0.2, 0) is 4.79 Å². The van der Waals surface area contributed by atoms with Gasteiger partial charge in [-0.15, -0.1) is 0 Å². The molecule has 1 N–H and O–H groups in total. The van der Waals surface area contributed by atoms with Crippen molar-refractivity contribution < 1.29 is 9.59 Å². The zero-order chi connectivity index (χ0) is 18.1. The fourth-order valence-corrected chi connectivity index (χ4v) is 3.47. The number of fused-ring (bicyclic) bond motifs is 2. The molecule has 132 valence electrons. The second-order valence-electron chi connectivity index (χ2n) is 6.77. The molecule has 0 saturated carbocycles. The number of para-hydroxylation sites is 3. The van der Waals surface area contributed by atoms with Gasteiger partial charge in [0.1, 0.15) is 0 Å². The Balaban J connectivity index is 1.75. The number of rotatable bonds is 2. The van der Waals surface area contributed by atoms with Crippen LogP contribution in [0.5, 0.6) is 0 Å². The van der Waals surface area contributed by atoms with Crippen molar-refractivity contribution in [1.82, 2.24) is 4.90 Å². The van der Waals surface area contributed by atoms with E-state index < -0.39 is 0 Å². The highest BCUT2D eigenvalue weighted by Gasteiger charge is 2.29. The summed E-state index contributed by atoms with van der Waals surface area (Å²) < 4.78 is 0. The number of carbonyl (C=O) groups excluding carboxylic acids is 2. The third-order valence-corrected chi connectivity index (χ3v) is 4.92. The van der Waals surface area contributed by atoms with Gasteiger partial charge in [-0.25, -0.2) is 0 Å². The smallest absolute Gasteiger partial charge is 0.257 e. The third kappa shape index (κ3) is 3.02. The number of anilines is 3. The summed E-state index contributed by atoms with van der Waals surface area (Å²) in [6.07, 6.45) is 3.40. The number of benzene rings is 2. The van der Waals surface area contributed by atoms with Gasteiger partial charge in [0.2, 0.25) is 5.91 Å². The molecular formula is C21H21N3O2. The van der Waals surface area contributed by atoms with Crippen molar-refractivity contribution >= 4 is 28.9 Å². The molecule has 0 spiro atoms. The first-order chi connectivity index (χ1) is 12.6. The van der Waals surface area contributed by atoms with Crippen molar-refractivity contribution in [1.29, 1.82) is 0 Å². The monoisotopic (exact) mass is 347 g/mol. The Hall–Kier alpha value is -2.92. The molecule has 0 aliphatic carbocycles. The number of hydrogen-bond donors (Lipinski definition) is 1. The maximum atomic E-state index is 13.3. The molecule has 0 bridgehead atoms. The zero-order valence-electron chi connectivity index (χ0n) is 14.7. The molecule has 0 unspecified atom stereocenters. The van der Waals surface area contributed by atoms with Gasteiger partial charge < -0.3 is 10.2 Å². The summed E-state index contributed by atoms with van der Waals surface area (Å²) in [7, 11) is 2.08. The van der Waals surface area contributed by atoms with Gasteiger partial charge in [-0.1, -0.05) is 35.9 Å². The van der Waals surface area contributed by atoms with Crippen LogP contribution in [0.4, 0.5) is 17.1 Å². The van der Waals surface area contributed by atoms with Crippen molar-refractivity contribution in [2.24, 2.45) is 0 Å². The third-order valence-electron chi connectivity index (χ3n) is 4.92. The van der Waals surface area contributed by atoms with E-state index in [4.69, 9.17) is 0 Å². The van der Waals surface area contributed by atoms with Crippen LogP contribution in [0, 0.1) is 0 Å². The number of nitrogens with one attached hydrogen (secondary N) is 1. The summed E-state index contributed by atoms with van der Waals surface area (Å²) in [4.78, 5) is 29.8. The van der Waals surface area contributed by atoms with Crippen LogP contribution in [0.1, 0.15) is 23.2 Å². The van der Waals surface area contributed by atoms with E-state index in [0.29, 0.717) is 29.0 Å². The Kier molecular flexibility index (Phi) is 4.31. The minimum Gasteiger partial charge on any atom is -0.320 e. The first kappa shape index (κ1) is 16.5. The van der Waals surface area contributed by atoms with E-state index in [9.17, 15) is 9.59 Å². The average Bonchev–Trinajstić information content (AvgIpc) is 2.77. The first-order valence-electron chi connectivity index (χ1n) is 8.82. The van der Waals surface area contributed by atoms with Crippen molar-refractivity contribution in [2.45, 2.75) is 12.8 Å². The summed E-state index contributed by atoms with van der Waals surface area (Å²) in [6.45, 7) is 1.84. The largest absolute Gasteiger partial charge is 0.320 e. The molecule has 2 amide bonds. The summed E-state index contributed by atoms with van der Waals surface area (Å²) in [5.41, 5.74) is 3.67. The summed E-state index contributed by atoms with van der Waals surface area (Å²) in [5.74, 6) is -0.209. The molecule has 2 aromatic rings. The predicted molar refractivity (Wildman–Crippen MR) is 103 cm³/mol. The lowest BCUT2D eigenvalue weighted by Gasteiger charge is -2.26. The highest BCUT2D eigenvalue weighted by atomic mass is 16.2. The van der Waals surface area contributed by atoms with Crippen LogP contribution in [0.15, 0.2) is 60.2 Å². The highest BCUT2D eigenvalue weighted by Crippen LogP contribution is 2.38. The van der Waals surface area contributed by atoms with Crippen LogP contribution in [0.25, 0.3) is 0 Å². The van der Waals surface area contributed by atoms with Crippen LogP contribution in [0.2, 0.25) is 0 Å². The maximum absolute atomic E-state index is 13.3. The topological polar surface area (TPSA) is 52.7 Å². The van der Waals surface area contributed by atoms with Gasteiger partial charge in [0.15, 0.2) is 0 Å². The molecule has 2 heterocycles. The summed E-state index contributed by atoms with van der Waals surface area (Å²) >= 11 is 0. The Bertz CT molecular complexity index is 904. The van der Waals surface area contributed by atoms with Gasteiger partial charge >= 0.3 is 0 Å². The normalized spacial score (nSPS) is 16.9. The molecule has 0 fully saturated rings. The van der Waals surface area contributed by atoms with Gasteiger partial charge in [0.05, 0.1) is 22.6 Å². The Morgan fingerprint density at radius 3 is 2.58 bits per heavy atom. The number of likely N-dealkylation sites (N-methyl/N-ethyl adjacent to an activating group) is 1. The minimum atomic E-state index is -0.193. The van der Waals surface area contributed by atoms with Crippen LogP contribution in [-0.4, -0.2) is 36.9 Å². The Labute approximate surface area is 152 Å². The van der Waals surface area contributed by atoms with E-state index >= 15 is 0 Å². The predicted octanol–water partition coefficient (Wildman–Crippen LogP) is 3.57. The second kappa shape index (κ2) is 6.77. The average molecular weight is 347 g/mol. The van der Waals surface area contributed by atoms with Crippen LogP contribution < -0.4 is 10.2 Å². The first-order valence-corrected chi connectivity index (χ1v) is 8.82. The standard InChI is InChI=1S/C21H21N3O2/c1-23-12-10-15(11-13-23)14-20(25)24-18-8-4-2-6-16(18)21(26)22-17-7-3-5-9-19(17)24/h2-10H,11-14H2,1H3,(H,22,26). The van der Waals surface area contributed by atoms with Gasteiger partial charge in [-0.05, 0) is 37.7 Å². The molecule has 5 heteroatoms. The van der Waals surface area contributed by atoms with E-state index in [2.05, 4.69) is 23.3 Å². The lowest BCUT2D eigenvalue weighted by atomic mass is 10.0. The van der Waals surface area contributed by atoms with Gasteiger partial charge in [0, 0.05) is 19.5 Å². The minimum absolute atomic E-state index is 0.0165. The van der Waals surface area contributed by atoms with E-state index in [1.54, 1.807) is 11.0 Å². The van der Waals surface area contributed by atoms with Gasteiger partial charge in [-0.2, -0.15) is 0 Å². The van der Waals surface area contributed by atoms with E-state index in [1.165, 1.54) is 0 Å². The zero-order valence-corrected chi connectivity index (χ0v) is 14.7. The number of carbonyl (C=O) groups is 2.